The molecule has 13 heteroatoms. The van der Waals surface area contributed by atoms with Crippen molar-refractivity contribution in [1.82, 2.24) is 8.96 Å². The van der Waals surface area contributed by atoms with Crippen molar-refractivity contribution >= 4 is 52.0 Å². The van der Waals surface area contributed by atoms with Crippen LogP contribution in [0.2, 0.25) is 0 Å². The van der Waals surface area contributed by atoms with E-state index in [1.807, 2.05) is 24.3 Å². The second-order valence-corrected chi connectivity index (χ2v) is 10.1. The molecule has 3 aliphatic heterocycles. The van der Waals surface area contributed by atoms with Crippen molar-refractivity contribution in [3.63, 3.8) is 0 Å². The first kappa shape index (κ1) is 24.1. The second-order valence-electron chi connectivity index (χ2n) is 10.1. The monoisotopic (exact) mass is 578 g/mol. The molecule has 0 atom stereocenters. The van der Waals surface area contributed by atoms with Crippen molar-refractivity contribution in [2.45, 2.75) is 0 Å². The van der Waals surface area contributed by atoms with Gasteiger partial charge in [0.1, 0.15) is 22.6 Å². The number of halogens is 5. The molecular formula is C30H12BF5N6O. The van der Waals surface area contributed by atoms with E-state index in [-0.39, 0.29) is 11.3 Å². The Morgan fingerprint density at radius 2 is 0.953 bits per heavy atom. The molecular weight excluding hydrogens is 566 g/mol. The minimum Gasteiger partial charge on any atom is -0.518 e. The van der Waals surface area contributed by atoms with Gasteiger partial charge in [-0.1, -0.05) is 72.8 Å². The van der Waals surface area contributed by atoms with Crippen LogP contribution in [0.1, 0.15) is 11.1 Å². The number of hydrogen-bond donors (Lipinski definition) is 0. The van der Waals surface area contributed by atoms with Gasteiger partial charge in [-0.05, 0) is 0 Å². The van der Waals surface area contributed by atoms with Gasteiger partial charge in [0.15, 0.2) is 17.4 Å². The van der Waals surface area contributed by atoms with Gasteiger partial charge in [0, 0.05) is 32.7 Å². The van der Waals surface area contributed by atoms with Gasteiger partial charge < -0.3 is 4.65 Å². The number of fused-ring (bicyclic) bond motifs is 10. The van der Waals surface area contributed by atoms with Crippen molar-refractivity contribution in [2.75, 3.05) is 0 Å². The topological polar surface area (TPSA) is 68.5 Å². The van der Waals surface area contributed by atoms with E-state index >= 15 is 8.78 Å². The molecule has 7 nitrogen and oxygen atoms in total. The van der Waals surface area contributed by atoms with Crippen molar-refractivity contribution in [3.05, 3.63) is 124 Å². The minimum absolute atomic E-state index is 0.259. The van der Waals surface area contributed by atoms with Gasteiger partial charge in [0.25, 0.3) is 0 Å². The molecule has 0 spiro atoms. The van der Waals surface area contributed by atoms with Gasteiger partial charge in [-0.25, -0.2) is 33.1 Å². The highest BCUT2D eigenvalue weighted by Crippen LogP contribution is 2.41. The van der Waals surface area contributed by atoms with Crippen LogP contribution >= 0.6 is 0 Å². The molecule has 0 amide bonds. The lowest BCUT2D eigenvalue weighted by Gasteiger charge is -2.23. The number of hydrogen-bond acceptors (Lipinski definition) is 5. The molecule has 0 saturated carbocycles. The summed E-state index contributed by atoms with van der Waals surface area (Å²) in [5.41, 5.74) is 1.98. The van der Waals surface area contributed by atoms with Gasteiger partial charge in [-0.3, -0.25) is 8.96 Å². The predicted molar refractivity (Wildman–Crippen MR) is 148 cm³/mol. The van der Waals surface area contributed by atoms with E-state index in [0.717, 1.165) is 0 Å². The highest BCUT2D eigenvalue weighted by molar-refractivity contribution is 6.52. The second kappa shape index (κ2) is 8.25. The van der Waals surface area contributed by atoms with Crippen LogP contribution in [-0.4, -0.2) is 27.8 Å². The number of amidine groups is 2. The lowest BCUT2D eigenvalue weighted by atomic mass is 9.98. The van der Waals surface area contributed by atoms with Crippen molar-refractivity contribution in [3.8, 4) is 5.75 Å². The molecule has 2 aromatic heterocycles. The zero-order valence-electron chi connectivity index (χ0n) is 21.5. The maximum Gasteiger partial charge on any atom is 0.633 e. The Kier molecular flexibility index (Phi) is 4.61. The third kappa shape index (κ3) is 3.02. The molecule has 206 valence electrons. The van der Waals surface area contributed by atoms with Crippen LogP contribution in [0.5, 0.6) is 5.75 Å². The maximum atomic E-state index is 15.1. The van der Waals surface area contributed by atoms with Crippen LogP contribution in [0.15, 0.2) is 92.8 Å². The largest absolute Gasteiger partial charge is 0.633 e. The molecule has 0 saturated heterocycles. The highest BCUT2D eigenvalue weighted by atomic mass is 19.2. The van der Waals surface area contributed by atoms with Crippen LogP contribution in [0.25, 0.3) is 21.5 Å². The Bertz CT molecular complexity index is 2440. The summed E-state index contributed by atoms with van der Waals surface area (Å²) in [4.78, 5) is 19.4. The third-order valence-electron chi connectivity index (χ3n) is 7.82. The van der Waals surface area contributed by atoms with Gasteiger partial charge in [0.2, 0.25) is 29.1 Å². The fraction of sp³-hybridized carbons (Fsp3) is 0. The van der Waals surface area contributed by atoms with Crippen molar-refractivity contribution in [2.24, 2.45) is 20.0 Å². The van der Waals surface area contributed by atoms with E-state index in [9.17, 15) is 13.2 Å². The van der Waals surface area contributed by atoms with Gasteiger partial charge in [0.05, 0.1) is 0 Å². The van der Waals surface area contributed by atoms with Crippen LogP contribution in [0, 0.1) is 29.1 Å². The Balaban J connectivity index is 1.49. The normalized spacial score (nSPS) is 16.3. The Labute approximate surface area is 237 Å². The van der Waals surface area contributed by atoms with E-state index in [2.05, 4.69) is 0 Å². The number of aromatic nitrogens is 2. The van der Waals surface area contributed by atoms with Gasteiger partial charge in [-0.15, -0.1) is 0 Å². The summed E-state index contributed by atoms with van der Waals surface area (Å²) in [6.07, 6.45) is 0. The SMILES string of the molecule is Fc1c(F)c(F)c(OB2n3c4c5ccccc5c3/N=C3N=C(/N=c5/c6ccccc6c(n52)=N4)c2ccccc2\3)c(F)c1F. The molecule has 0 unspecified atom stereocenters. The number of benzene rings is 4. The lowest BCUT2D eigenvalue weighted by Crippen LogP contribution is -2.52. The first-order chi connectivity index (χ1) is 20.9. The van der Waals surface area contributed by atoms with E-state index < -0.39 is 42.0 Å². The molecule has 0 fully saturated rings. The molecule has 5 heterocycles. The quantitative estimate of drug-likeness (QED) is 0.116. The molecule has 43 heavy (non-hydrogen) atoms. The highest BCUT2D eigenvalue weighted by Gasteiger charge is 2.42. The fourth-order valence-electron chi connectivity index (χ4n) is 5.92. The van der Waals surface area contributed by atoms with Crippen LogP contribution in [0.4, 0.5) is 33.6 Å². The first-order valence-electron chi connectivity index (χ1n) is 13.1. The molecule has 0 radical (unpaired) electrons. The Hall–Kier alpha value is -5.59. The molecule has 4 bridgehead atoms. The standard InChI is InChI=1S/C30H12BF5N6O/c32-19-20(33)22(35)24(23(36)21(19)34)43-31-41-27-15-9-3-5-11-17(15)29(41)40-30-18-12-6-4-10-16(18)28(42(30)31)39-26-14-8-2-1-7-13(14)25(37-26)38-27/h1-12H/b38-25-,38-27?,39-26?,39-28-. The summed E-state index contributed by atoms with van der Waals surface area (Å²) in [6, 6.07) is 21.7. The summed E-state index contributed by atoms with van der Waals surface area (Å²) in [7, 11) is -1.56. The lowest BCUT2D eigenvalue weighted by molar-refractivity contribution is 0.344. The maximum absolute atomic E-state index is 15.1. The Morgan fingerprint density at radius 3 is 1.56 bits per heavy atom. The van der Waals surface area contributed by atoms with Crippen LogP contribution < -0.4 is 15.6 Å². The molecule has 6 aromatic rings. The summed E-state index contributed by atoms with van der Waals surface area (Å²) in [6.45, 7) is 0. The average Bonchev–Trinajstić information content (AvgIpc) is 3.66. The summed E-state index contributed by atoms with van der Waals surface area (Å²) >= 11 is 0. The first-order valence-corrected chi connectivity index (χ1v) is 13.1. The summed E-state index contributed by atoms with van der Waals surface area (Å²) < 4.78 is 81.8. The average molecular weight is 578 g/mol. The van der Waals surface area contributed by atoms with E-state index in [0.29, 0.717) is 55.6 Å². The summed E-state index contributed by atoms with van der Waals surface area (Å²) in [5.74, 6) is -11.0. The predicted octanol–water partition coefficient (Wildman–Crippen LogP) is 5.49. The van der Waals surface area contributed by atoms with E-state index in [4.69, 9.17) is 24.6 Å². The summed E-state index contributed by atoms with van der Waals surface area (Å²) in [5, 5.41) is 2.46. The van der Waals surface area contributed by atoms with Gasteiger partial charge >= 0.3 is 7.19 Å². The molecule has 4 aromatic carbocycles. The number of nitrogens with zero attached hydrogens (tertiary/aromatic N) is 6. The zero-order valence-corrected chi connectivity index (χ0v) is 21.5. The molecule has 9 rings (SSSR count). The Morgan fingerprint density at radius 1 is 0.488 bits per heavy atom. The van der Waals surface area contributed by atoms with Crippen LogP contribution in [-0.2, 0) is 0 Å². The molecule has 3 aliphatic rings. The number of rotatable bonds is 2. The van der Waals surface area contributed by atoms with E-state index in [1.165, 1.54) is 8.96 Å². The van der Waals surface area contributed by atoms with Gasteiger partial charge in [-0.2, -0.15) is 8.78 Å². The molecule has 0 N–H and O–H groups in total. The molecule has 0 aliphatic carbocycles. The fourth-order valence-corrected chi connectivity index (χ4v) is 5.92. The van der Waals surface area contributed by atoms with E-state index in [1.54, 1.807) is 48.5 Å². The number of aliphatic imine (C=N–C) groups is 2. The van der Waals surface area contributed by atoms with Crippen molar-refractivity contribution in [1.29, 1.82) is 0 Å². The zero-order chi connectivity index (χ0) is 29.1. The smallest absolute Gasteiger partial charge is 0.518 e. The van der Waals surface area contributed by atoms with Crippen molar-refractivity contribution < 1.29 is 26.6 Å². The minimum atomic E-state index is -2.29. The van der Waals surface area contributed by atoms with Crippen LogP contribution in [0.3, 0.4) is 0 Å². The third-order valence-corrected chi connectivity index (χ3v) is 7.82.